The number of hydrogen-bond acceptors (Lipinski definition) is 4. The molecule has 6 heteroatoms. The molecule has 1 aromatic carbocycles. The van der Waals surface area contributed by atoms with Crippen LogP contribution < -0.4 is 5.32 Å². The van der Waals surface area contributed by atoms with Gasteiger partial charge in [-0.25, -0.2) is 0 Å². The van der Waals surface area contributed by atoms with Crippen LogP contribution in [-0.2, 0) is 9.59 Å². The number of carboxylic acids is 1. The molecule has 2 saturated carbocycles. The number of carboxylic acid groups (broad SMARTS) is 1. The summed E-state index contributed by atoms with van der Waals surface area (Å²) in [7, 11) is 0. The molecule has 4 rings (SSSR count). The quantitative estimate of drug-likeness (QED) is 0.364. The third-order valence-electron chi connectivity index (χ3n) is 7.84. The van der Waals surface area contributed by atoms with Gasteiger partial charge in [0.15, 0.2) is 0 Å². The van der Waals surface area contributed by atoms with Gasteiger partial charge in [0.05, 0.1) is 11.6 Å². The van der Waals surface area contributed by atoms with E-state index >= 15 is 0 Å². The first-order valence-corrected chi connectivity index (χ1v) is 13.3. The van der Waals surface area contributed by atoms with Gasteiger partial charge in [-0.2, -0.15) is 0 Å². The number of anilines is 1. The van der Waals surface area contributed by atoms with Gasteiger partial charge >= 0.3 is 5.97 Å². The number of aliphatic carboxylic acids is 1. The van der Waals surface area contributed by atoms with Gasteiger partial charge in [0.1, 0.15) is 5.76 Å². The minimum atomic E-state index is -0.885. The lowest BCUT2D eigenvalue weighted by atomic mass is 9.69. The minimum Gasteiger partial charge on any atom is -0.481 e. The summed E-state index contributed by atoms with van der Waals surface area (Å²) < 4.78 is 5.97. The van der Waals surface area contributed by atoms with E-state index in [0.29, 0.717) is 29.9 Å². The van der Waals surface area contributed by atoms with Crippen LogP contribution in [0.15, 0.2) is 22.7 Å². The van der Waals surface area contributed by atoms with Gasteiger partial charge in [-0.15, -0.1) is 0 Å². The fraction of sp³-hybridized carbons (Fsp3) is 0.621. The molecular weight excluding hydrogens is 440 g/mol. The van der Waals surface area contributed by atoms with Crippen molar-refractivity contribution in [3.05, 3.63) is 46.3 Å². The summed E-state index contributed by atoms with van der Waals surface area (Å²) >= 11 is 0. The van der Waals surface area contributed by atoms with E-state index in [2.05, 4.69) is 24.3 Å². The van der Waals surface area contributed by atoms with Crippen LogP contribution >= 0.6 is 0 Å². The summed E-state index contributed by atoms with van der Waals surface area (Å²) in [6.07, 6.45) is 6.12. The Labute approximate surface area is 208 Å². The molecule has 2 aliphatic rings. The van der Waals surface area contributed by atoms with Crippen molar-refractivity contribution in [3.8, 4) is 0 Å². The van der Waals surface area contributed by atoms with Crippen LogP contribution in [0.1, 0.15) is 112 Å². The molecule has 190 valence electrons. The molecule has 35 heavy (non-hydrogen) atoms. The molecule has 0 aliphatic heterocycles. The van der Waals surface area contributed by atoms with Crippen molar-refractivity contribution in [2.24, 2.45) is 17.8 Å². The van der Waals surface area contributed by atoms with Gasteiger partial charge in [0.25, 0.3) is 0 Å². The monoisotopic (exact) mass is 480 g/mol. The zero-order chi connectivity index (χ0) is 25.3. The first-order chi connectivity index (χ1) is 16.7. The Morgan fingerprint density at radius 3 is 2.46 bits per heavy atom. The summed E-state index contributed by atoms with van der Waals surface area (Å²) in [4.78, 5) is 25.4. The predicted octanol–water partition coefficient (Wildman–Crippen LogP) is 6.93. The van der Waals surface area contributed by atoms with Gasteiger partial charge in [-0.05, 0) is 81.8 Å². The highest BCUT2D eigenvalue weighted by molar-refractivity contribution is 5.92. The zero-order valence-corrected chi connectivity index (χ0v) is 21.8. The Balaban J connectivity index is 1.59. The molecular formula is C29H40N2O4. The summed E-state index contributed by atoms with van der Waals surface area (Å²) in [5.74, 6) is 0.849. The molecule has 1 heterocycles. The normalized spacial score (nSPS) is 21.4. The van der Waals surface area contributed by atoms with E-state index in [1.165, 1.54) is 6.42 Å². The highest BCUT2D eigenvalue weighted by Crippen LogP contribution is 2.53. The van der Waals surface area contributed by atoms with E-state index in [1.807, 2.05) is 39.0 Å². The minimum absolute atomic E-state index is 0.0739. The third-order valence-corrected chi connectivity index (χ3v) is 7.84. The lowest BCUT2D eigenvalue weighted by Crippen LogP contribution is -2.27. The highest BCUT2D eigenvalue weighted by atomic mass is 16.5. The summed E-state index contributed by atoms with van der Waals surface area (Å²) in [5, 5.41) is 17.5. The molecule has 2 aliphatic carbocycles. The van der Waals surface area contributed by atoms with Crippen molar-refractivity contribution in [2.75, 3.05) is 5.32 Å². The Morgan fingerprint density at radius 1 is 1.17 bits per heavy atom. The fourth-order valence-electron chi connectivity index (χ4n) is 5.89. The summed E-state index contributed by atoms with van der Waals surface area (Å²) in [6.45, 7) is 10.4. The van der Waals surface area contributed by atoms with Crippen LogP contribution in [0.3, 0.4) is 0 Å². The van der Waals surface area contributed by atoms with E-state index < -0.39 is 17.8 Å². The van der Waals surface area contributed by atoms with Crippen molar-refractivity contribution >= 4 is 17.6 Å². The lowest BCUT2D eigenvalue weighted by molar-refractivity contribution is -0.142. The van der Waals surface area contributed by atoms with Crippen LogP contribution in [0, 0.1) is 31.6 Å². The number of amides is 1. The van der Waals surface area contributed by atoms with Crippen LogP contribution in [0.2, 0.25) is 0 Å². The smallest absolute Gasteiger partial charge is 0.307 e. The Hall–Kier alpha value is -2.63. The molecule has 2 aromatic rings. The third kappa shape index (κ3) is 5.79. The molecule has 2 unspecified atom stereocenters. The number of aryl methyl sites for hydroxylation is 2. The number of carbonyl (C=O) groups excluding carboxylic acids is 1. The molecule has 2 atom stereocenters. The highest BCUT2D eigenvalue weighted by Gasteiger charge is 2.43. The van der Waals surface area contributed by atoms with Crippen LogP contribution in [0.25, 0.3) is 0 Å². The number of benzene rings is 1. The van der Waals surface area contributed by atoms with Crippen molar-refractivity contribution in [3.63, 3.8) is 0 Å². The maximum Gasteiger partial charge on any atom is 0.307 e. The summed E-state index contributed by atoms with van der Waals surface area (Å²) in [5.41, 5.74) is 4.70. The van der Waals surface area contributed by atoms with Crippen LogP contribution in [-0.4, -0.2) is 22.1 Å². The molecule has 0 saturated heterocycles. The average Bonchev–Trinajstić information content (AvgIpc) is 3.50. The number of rotatable bonds is 11. The molecule has 2 N–H and O–H groups in total. The van der Waals surface area contributed by atoms with Crippen LogP contribution in [0.4, 0.5) is 5.69 Å². The zero-order valence-electron chi connectivity index (χ0n) is 21.8. The first kappa shape index (κ1) is 25.5. The number of carbonyl (C=O) groups is 2. The lowest BCUT2D eigenvalue weighted by Gasteiger charge is -2.35. The summed E-state index contributed by atoms with van der Waals surface area (Å²) in [6, 6.07) is 5.89. The van der Waals surface area contributed by atoms with Crippen molar-refractivity contribution in [2.45, 2.75) is 97.3 Å². The van der Waals surface area contributed by atoms with Crippen LogP contribution in [0.5, 0.6) is 0 Å². The molecule has 0 spiro atoms. The molecule has 6 nitrogen and oxygen atoms in total. The van der Waals surface area contributed by atoms with E-state index in [-0.39, 0.29) is 12.3 Å². The Bertz CT molecular complexity index is 1060. The Morgan fingerprint density at radius 2 is 1.89 bits per heavy atom. The molecule has 2 fully saturated rings. The molecule has 0 radical (unpaired) electrons. The van der Waals surface area contributed by atoms with Gasteiger partial charge in [0.2, 0.25) is 5.91 Å². The average molecular weight is 481 g/mol. The maximum absolute atomic E-state index is 13.2. The maximum atomic E-state index is 13.2. The van der Waals surface area contributed by atoms with Gasteiger partial charge in [-0.1, -0.05) is 43.6 Å². The van der Waals surface area contributed by atoms with Crippen molar-refractivity contribution in [1.29, 1.82) is 0 Å². The largest absolute Gasteiger partial charge is 0.481 e. The van der Waals surface area contributed by atoms with E-state index in [4.69, 9.17) is 4.52 Å². The Kier molecular flexibility index (Phi) is 7.67. The number of nitrogens with one attached hydrogen (secondary N) is 1. The topological polar surface area (TPSA) is 92.4 Å². The van der Waals surface area contributed by atoms with E-state index in [9.17, 15) is 14.7 Å². The van der Waals surface area contributed by atoms with E-state index in [0.717, 1.165) is 59.7 Å². The number of hydrogen-bond donors (Lipinski definition) is 2. The standard InChI is InChI=1S/C29H40N2O4/c1-6-22(29(33)34)23(15-25(32)30-24-10-7-17(4)12-18(24)5)27-26(20-8-9-20)28(35-31-27)21-13-19(14-21)11-16(2)3/h7,10,12,16,19-23H,6,8-9,11,13-15H2,1-5H3,(H,30,32)(H,33,34). The van der Waals surface area contributed by atoms with E-state index in [1.54, 1.807) is 0 Å². The van der Waals surface area contributed by atoms with Gasteiger partial charge < -0.3 is 14.9 Å². The second-order valence-electron chi connectivity index (χ2n) is 11.3. The second-order valence-corrected chi connectivity index (χ2v) is 11.3. The molecule has 0 bridgehead atoms. The van der Waals surface area contributed by atoms with Gasteiger partial charge in [0, 0.05) is 29.5 Å². The van der Waals surface area contributed by atoms with Crippen molar-refractivity contribution in [1.82, 2.24) is 5.16 Å². The number of nitrogens with zero attached hydrogens (tertiary/aromatic N) is 1. The number of aromatic nitrogens is 1. The first-order valence-electron chi connectivity index (χ1n) is 13.3. The molecule has 1 amide bonds. The van der Waals surface area contributed by atoms with Gasteiger partial charge in [-0.3, -0.25) is 9.59 Å². The second kappa shape index (κ2) is 10.5. The predicted molar refractivity (Wildman–Crippen MR) is 137 cm³/mol. The fourth-order valence-corrected chi connectivity index (χ4v) is 5.89. The van der Waals surface area contributed by atoms with Crippen molar-refractivity contribution < 1.29 is 19.2 Å². The SMILES string of the molecule is CCC(C(=O)O)C(CC(=O)Nc1ccc(C)cc1C)c1noc(C2CC(CC(C)C)C2)c1C1CC1. The molecule has 1 aromatic heterocycles.